The monoisotopic (exact) mass is 269 g/mol. The lowest BCUT2D eigenvalue weighted by Gasteiger charge is -2.11. The van der Waals surface area contributed by atoms with Gasteiger partial charge in [0.05, 0.1) is 11.3 Å². The van der Waals surface area contributed by atoms with Crippen molar-refractivity contribution in [1.29, 1.82) is 0 Å². The van der Waals surface area contributed by atoms with Crippen LogP contribution in [0.4, 0.5) is 10.1 Å². The lowest BCUT2D eigenvalue weighted by atomic mass is 10.1. The molecule has 4 nitrogen and oxygen atoms in total. The quantitative estimate of drug-likeness (QED) is 0.712. The van der Waals surface area contributed by atoms with Gasteiger partial charge in [-0.2, -0.15) is 0 Å². The Morgan fingerprint density at radius 2 is 2.21 bits per heavy atom. The zero-order chi connectivity index (χ0) is 14.3. The van der Waals surface area contributed by atoms with E-state index in [9.17, 15) is 9.18 Å². The van der Waals surface area contributed by atoms with Crippen molar-refractivity contribution in [1.82, 2.24) is 0 Å². The third kappa shape index (κ3) is 5.26. The molecular weight excluding hydrogens is 249 g/mol. The van der Waals surface area contributed by atoms with Crippen LogP contribution in [0, 0.1) is 11.7 Å². The summed E-state index contributed by atoms with van der Waals surface area (Å²) >= 11 is 0. The highest BCUT2D eigenvalue weighted by Crippen LogP contribution is 2.19. The summed E-state index contributed by atoms with van der Waals surface area (Å²) in [6, 6.07) is 4.00. The number of aromatic carboxylic acids is 1. The number of halogens is 1. The van der Waals surface area contributed by atoms with Crippen molar-refractivity contribution >= 4 is 11.7 Å². The van der Waals surface area contributed by atoms with E-state index in [0.717, 1.165) is 0 Å². The minimum absolute atomic E-state index is 0.0406. The molecule has 0 unspecified atom stereocenters. The van der Waals surface area contributed by atoms with Crippen molar-refractivity contribution in [3.8, 4) is 0 Å². The molecule has 0 saturated carbocycles. The minimum atomic E-state index is -1.14. The van der Waals surface area contributed by atoms with Crippen molar-refractivity contribution in [3.63, 3.8) is 0 Å². The molecule has 0 aliphatic heterocycles. The maximum Gasteiger partial charge on any atom is 0.337 e. The summed E-state index contributed by atoms with van der Waals surface area (Å²) in [5.74, 6) is -1.21. The van der Waals surface area contributed by atoms with Crippen LogP contribution in [0.2, 0.25) is 0 Å². The van der Waals surface area contributed by atoms with Crippen LogP contribution < -0.4 is 5.32 Å². The lowest BCUT2D eigenvalue weighted by molar-refractivity contribution is 0.0697. The van der Waals surface area contributed by atoms with Gasteiger partial charge in [0.25, 0.3) is 0 Å². The summed E-state index contributed by atoms with van der Waals surface area (Å²) in [7, 11) is 0. The Balaban J connectivity index is 2.43. The van der Waals surface area contributed by atoms with Crippen molar-refractivity contribution in [2.75, 3.05) is 25.1 Å². The van der Waals surface area contributed by atoms with Crippen LogP contribution in [0.3, 0.4) is 0 Å². The van der Waals surface area contributed by atoms with Crippen LogP contribution in [0.5, 0.6) is 0 Å². The number of nitrogens with one attached hydrogen (secondary N) is 1. The van der Waals surface area contributed by atoms with Crippen LogP contribution >= 0.6 is 0 Å². The number of carbonyl (C=O) groups is 1. The molecule has 0 fully saturated rings. The number of hydrogen-bond acceptors (Lipinski definition) is 3. The Labute approximate surface area is 112 Å². The second-order valence-corrected chi connectivity index (χ2v) is 4.72. The Kier molecular flexibility index (Phi) is 6.29. The van der Waals surface area contributed by atoms with Gasteiger partial charge in [-0.1, -0.05) is 19.9 Å². The molecule has 1 rings (SSSR count). The molecular formula is C14H20FNO3. The van der Waals surface area contributed by atoms with Gasteiger partial charge in [-0.3, -0.25) is 0 Å². The molecule has 5 heteroatoms. The Hall–Kier alpha value is -1.62. The Morgan fingerprint density at radius 1 is 1.47 bits per heavy atom. The normalized spacial score (nSPS) is 10.7. The molecule has 0 aliphatic carbocycles. The van der Waals surface area contributed by atoms with Crippen LogP contribution in [-0.2, 0) is 4.74 Å². The zero-order valence-corrected chi connectivity index (χ0v) is 11.3. The van der Waals surface area contributed by atoms with Gasteiger partial charge in [0.2, 0.25) is 0 Å². The van der Waals surface area contributed by atoms with Crippen LogP contribution in [0.15, 0.2) is 18.2 Å². The average molecular weight is 269 g/mol. The first-order valence-corrected chi connectivity index (χ1v) is 6.35. The molecule has 0 aromatic heterocycles. The fourth-order valence-electron chi connectivity index (χ4n) is 1.59. The third-order valence-corrected chi connectivity index (χ3v) is 2.46. The molecule has 1 aromatic carbocycles. The highest BCUT2D eigenvalue weighted by atomic mass is 19.1. The van der Waals surface area contributed by atoms with E-state index in [1.807, 2.05) is 0 Å². The molecule has 0 saturated heterocycles. The number of rotatable bonds is 8. The SMILES string of the molecule is CC(C)COCCCNc1c(F)cccc1C(=O)O. The molecule has 0 amide bonds. The van der Waals surface area contributed by atoms with E-state index in [0.29, 0.717) is 32.1 Å². The Bertz CT molecular complexity index is 421. The fourth-order valence-corrected chi connectivity index (χ4v) is 1.59. The number of ether oxygens (including phenoxy) is 1. The van der Waals surface area contributed by atoms with Crippen molar-refractivity contribution in [3.05, 3.63) is 29.6 Å². The standard InChI is InChI=1S/C14H20FNO3/c1-10(2)9-19-8-4-7-16-13-11(14(17)18)5-3-6-12(13)15/h3,5-6,10,16H,4,7-9H2,1-2H3,(H,17,18). The fraction of sp³-hybridized carbons (Fsp3) is 0.500. The topological polar surface area (TPSA) is 58.6 Å². The highest BCUT2D eigenvalue weighted by Gasteiger charge is 2.13. The first kappa shape index (κ1) is 15.4. The summed E-state index contributed by atoms with van der Waals surface area (Å²) in [4.78, 5) is 11.0. The van der Waals surface area contributed by atoms with Gasteiger partial charge in [-0.25, -0.2) is 9.18 Å². The second-order valence-electron chi connectivity index (χ2n) is 4.72. The van der Waals surface area contributed by atoms with Gasteiger partial charge in [-0.15, -0.1) is 0 Å². The van der Waals surface area contributed by atoms with E-state index in [-0.39, 0.29) is 11.3 Å². The third-order valence-electron chi connectivity index (χ3n) is 2.46. The second kappa shape index (κ2) is 7.74. The molecule has 2 N–H and O–H groups in total. The molecule has 1 aromatic rings. The van der Waals surface area contributed by atoms with E-state index in [2.05, 4.69) is 19.2 Å². The van der Waals surface area contributed by atoms with Gasteiger partial charge in [-0.05, 0) is 24.5 Å². The molecule has 0 radical (unpaired) electrons. The van der Waals surface area contributed by atoms with E-state index >= 15 is 0 Å². The first-order chi connectivity index (χ1) is 9.02. The maximum atomic E-state index is 13.5. The summed E-state index contributed by atoms with van der Waals surface area (Å²) in [5, 5.41) is 11.8. The van der Waals surface area contributed by atoms with E-state index < -0.39 is 11.8 Å². The van der Waals surface area contributed by atoms with Crippen LogP contribution in [0.1, 0.15) is 30.6 Å². The largest absolute Gasteiger partial charge is 0.478 e. The maximum absolute atomic E-state index is 13.5. The molecule has 0 bridgehead atoms. The van der Waals surface area contributed by atoms with E-state index in [4.69, 9.17) is 9.84 Å². The predicted molar refractivity (Wildman–Crippen MR) is 72.1 cm³/mol. The molecule has 106 valence electrons. The Morgan fingerprint density at radius 3 is 2.84 bits per heavy atom. The van der Waals surface area contributed by atoms with Gasteiger partial charge >= 0.3 is 5.97 Å². The van der Waals surface area contributed by atoms with Gasteiger partial charge in [0.15, 0.2) is 0 Å². The number of hydrogen-bond donors (Lipinski definition) is 2. The minimum Gasteiger partial charge on any atom is -0.478 e. The summed E-state index contributed by atoms with van der Waals surface area (Å²) < 4.78 is 18.9. The predicted octanol–water partition coefficient (Wildman–Crippen LogP) is 3.00. The van der Waals surface area contributed by atoms with Crippen LogP contribution in [-0.4, -0.2) is 30.8 Å². The smallest absolute Gasteiger partial charge is 0.337 e. The highest BCUT2D eigenvalue weighted by molar-refractivity contribution is 5.94. The van der Waals surface area contributed by atoms with Crippen molar-refractivity contribution < 1.29 is 19.0 Å². The molecule has 19 heavy (non-hydrogen) atoms. The van der Waals surface area contributed by atoms with E-state index in [1.165, 1.54) is 18.2 Å². The van der Waals surface area contributed by atoms with Gasteiger partial charge in [0, 0.05) is 19.8 Å². The number of para-hydroxylation sites is 1. The molecule has 0 spiro atoms. The summed E-state index contributed by atoms with van der Waals surface area (Å²) in [6.45, 7) is 5.87. The molecule has 0 heterocycles. The number of carboxylic acid groups (broad SMARTS) is 1. The van der Waals surface area contributed by atoms with Crippen molar-refractivity contribution in [2.45, 2.75) is 20.3 Å². The first-order valence-electron chi connectivity index (χ1n) is 6.35. The number of anilines is 1. The van der Waals surface area contributed by atoms with E-state index in [1.54, 1.807) is 0 Å². The molecule has 0 aliphatic rings. The summed E-state index contributed by atoms with van der Waals surface area (Å²) in [6.07, 6.45) is 0.695. The summed E-state index contributed by atoms with van der Waals surface area (Å²) in [5.41, 5.74) is -0.0121. The number of benzene rings is 1. The van der Waals surface area contributed by atoms with Gasteiger partial charge < -0.3 is 15.2 Å². The lowest BCUT2D eigenvalue weighted by Crippen LogP contribution is -2.12. The van der Waals surface area contributed by atoms with Crippen molar-refractivity contribution in [2.24, 2.45) is 5.92 Å². The van der Waals surface area contributed by atoms with Crippen LogP contribution in [0.25, 0.3) is 0 Å². The zero-order valence-electron chi connectivity index (χ0n) is 11.3. The average Bonchev–Trinajstić information content (AvgIpc) is 2.34. The number of carboxylic acids is 1. The molecule has 0 atom stereocenters. The van der Waals surface area contributed by atoms with Gasteiger partial charge in [0.1, 0.15) is 5.82 Å².